The summed E-state index contributed by atoms with van der Waals surface area (Å²) >= 11 is 0. The maximum Gasteiger partial charge on any atom is 0.0163 e. The van der Waals surface area contributed by atoms with Crippen molar-refractivity contribution in [3.8, 4) is 0 Å². The largest absolute Gasteiger partial charge is 0.312 e. The molecule has 0 atom stereocenters. The van der Waals surface area contributed by atoms with Gasteiger partial charge in [-0.05, 0) is 43.6 Å². The molecule has 1 nitrogen and oxygen atoms in total. The maximum absolute atomic E-state index is 3.67. The van der Waals surface area contributed by atoms with Gasteiger partial charge in [0, 0.05) is 5.54 Å². The number of hydrogen-bond acceptors (Lipinski definition) is 1. The normalized spacial score (nSPS) is 28.7. The fourth-order valence-electron chi connectivity index (χ4n) is 4.15. The lowest BCUT2D eigenvalue weighted by atomic mass is 9.59. The minimum Gasteiger partial charge on any atom is -0.312 e. The van der Waals surface area contributed by atoms with Crippen LogP contribution in [0, 0.1) is 10.8 Å². The van der Waals surface area contributed by atoms with Gasteiger partial charge in [-0.1, -0.05) is 34.6 Å². The summed E-state index contributed by atoms with van der Waals surface area (Å²) in [7, 11) is 0. The van der Waals surface area contributed by atoms with Crippen LogP contribution in [0.15, 0.2) is 0 Å². The third-order valence-electron chi connectivity index (χ3n) is 3.30. The van der Waals surface area contributed by atoms with Gasteiger partial charge in [0.15, 0.2) is 0 Å². The molecule has 0 heterocycles. The standard InChI is InChI=1S/C13H27N/c1-7-14-13(6)9-11(2,3)8-12(4,5)10-13/h14H,7-10H2,1-6H3. The summed E-state index contributed by atoms with van der Waals surface area (Å²) in [6.07, 6.45) is 3.95. The van der Waals surface area contributed by atoms with E-state index in [1.54, 1.807) is 0 Å². The average Bonchev–Trinajstić information content (AvgIpc) is 1.75. The van der Waals surface area contributed by atoms with E-state index < -0.39 is 0 Å². The maximum atomic E-state index is 3.67. The molecule has 1 aliphatic rings. The third kappa shape index (κ3) is 2.98. The van der Waals surface area contributed by atoms with Crippen molar-refractivity contribution in [2.75, 3.05) is 6.54 Å². The highest BCUT2D eigenvalue weighted by Gasteiger charge is 2.44. The van der Waals surface area contributed by atoms with Gasteiger partial charge in [-0.25, -0.2) is 0 Å². The van der Waals surface area contributed by atoms with E-state index in [9.17, 15) is 0 Å². The Morgan fingerprint density at radius 2 is 1.29 bits per heavy atom. The number of nitrogens with one attached hydrogen (secondary N) is 1. The van der Waals surface area contributed by atoms with Gasteiger partial charge < -0.3 is 5.32 Å². The first kappa shape index (κ1) is 12.0. The molecule has 0 unspecified atom stereocenters. The molecular weight excluding hydrogens is 170 g/mol. The number of rotatable bonds is 2. The van der Waals surface area contributed by atoms with Crippen LogP contribution in [0.1, 0.15) is 60.8 Å². The molecular formula is C13H27N. The minimum atomic E-state index is 0.347. The molecule has 84 valence electrons. The minimum absolute atomic E-state index is 0.347. The SMILES string of the molecule is CCNC1(C)CC(C)(C)CC(C)(C)C1. The second kappa shape index (κ2) is 3.52. The van der Waals surface area contributed by atoms with Gasteiger partial charge in [-0.2, -0.15) is 0 Å². The monoisotopic (exact) mass is 197 g/mol. The molecule has 1 fully saturated rings. The van der Waals surface area contributed by atoms with Crippen molar-refractivity contribution in [1.29, 1.82) is 0 Å². The first-order valence-electron chi connectivity index (χ1n) is 5.93. The van der Waals surface area contributed by atoms with E-state index in [0.29, 0.717) is 16.4 Å². The van der Waals surface area contributed by atoms with Crippen LogP contribution in [0.4, 0.5) is 0 Å². The van der Waals surface area contributed by atoms with E-state index in [4.69, 9.17) is 0 Å². The van der Waals surface area contributed by atoms with Gasteiger partial charge in [-0.3, -0.25) is 0 Å². The Hall–Kier alpha value is -0.0400. The van der Waals surface area contributed by atoms with Crippen molar-refractivity contribution in [1.82, 2.24) is 5.32 Å². The van der Waals surface area contributed by atoms with Crippen molar-refractivity contribution in [3.05, 3.63) is 0 Å². The molecule has 1 aliphatic carbocycles. The summed E-state index contributed by atoms with van der Waals surface area (Å²) in [4.78, 5) is 0. The van der Waals surface area contributed by atoms with E-state index in [1.165, 1.54) is 19.3 Å². The molecule has 1 heteroatoms. The summed E-state index contributed by atoms with van der Waals surface area (Å²) < 4.78 is 0. The molecule has 0 aliphatic heterocycles. The summed E-state index contributed by atoms with van der Waals surface area (Å²) in [6, 6.07) is 0. The van der Waals surface area contributed by atoms with Crippen molar-refractivity contribution < 1.29 is 0 Å². The van der Waals surface area contributed by atoms with E-state index >= 15 is 0 Å². The fourth-order valence-corrected chi connectivity index (χ4v) is 4.15. The van der Waals surface area contributed by atoms with E-state index in [0.717, 1.165) is 6.54 Å². The van der Waals surface area contributed by atoms with Gasteiger partial charge >= 0.3 is 0 Å². The predicted octanol–water partition coefficient (Wildman–Crippen LogP) is 3.59. The van der Waals surface area contributed by atoms with Gasteiger partial charge in [0.1, 0.15) is 0 Å². The molecule has 0 saturated heterocycles. The lowest BCUT2D eigenvalue weighted by molar-refractivity contribution is 0.0387. The van der Waals surface area contributed by atoms with E-state index in [-0.39, 0.29) is 0 Å². The second-order valence-electron chi connectivity index (χ2n) is 6.95. The zero-order valence-corrected chi connectivity index (χ0v) is 10.8. The molecule has 0 spiro atoms. The second-order valence-corrected chi connectivity index (χ2v) is 6.95. The average molecular weight is 197 g/mol. The molecule has 0 bridgehead atoms. The van der Waals surface area contributed by atoms with Crippen molar-refractivity contribution >= 4 is 0 Å². The Kier molecular flexibility index (Phi) is 3.02. The van der Waals surface area contributed by atoms with Crippen molar-refractivity contribution in [2.45, 2.75) is 66.3 Å². The smallest absolute Gasteiger partial charge is 0.0163 e. The predicted molar refractivity (Wildman–Crippen MR) is 63.5 cm³/mol. The Balaban J connectivity index is 2.80. The molecule has 0 aromatic heterocycles. The summed E-state index contributed by atoms with van der Waals surface area (Å²) in [5, 5.41) is 3.67. The first-order valence-corrected chi connectivity index (χ1v) is 5.93. The lowest BCUT2D eigenvalue weighted by Crippen LogP contribution is -2.52. The van der Waals surface area contributed by atoms with E-state index in [1.807, 2.05) is 0 Å². The van der Waals surface area contributed by atoms with Crippen molar-refractivity contribution in [3.63, 3.8) is 0 Å². The van der Waals surface area contributed by atoms with Gasteiger partial charge in [0.25, 0.3) is 0 Å². The fraction of sp³-hybridized carbons (Fsp3) is 1.00. The van der Waals surface area contributed by atoms with Crippen LogP contribution in [-0.2, 0) is 0 Å². The van der Waals surface area contributed by atoms with Gasteiger partial charge in [0.2, 0.25) is 0 Å². The highest BCUT2D eigenvalue weighted by atomic mass is 15.0. The lowest BCUT2D eigenvalue weighted by Gasteiger charge is -2.51. The molecule has 1 N–H and O–H groups in total. The topological polar surface area (TPSA) is 12.0 Å². The molecule has 0 aromatic rings. The Labute approximate surface area is 89.7 Å². The molecule has 0 aromatic carbocycles. The summed E-state index contributed by atoms with van der Waals surface area (Å²) in [5.74, 6) is 0. The Morgan fingerprint density at radius 1 is 0.857 bits per heavy atom. The van der Waals surface area contributed by atoms with Crippen LogP contribution >= 0.6 is 0 Å². The van der Waals surface area contributed by atoms with Gasteiger partial charge in [-0.15, -0.1) is 0 Å². The molecule has 0 amide bonds. The van der Waals surface area contributed by atoms with Crippen LogP contribution in [0.3, 0.4) is 0 Å². The van der Waals surface area contributed by atoms with Crippen LogP contribution in [-0.4, -0.2) is 12.1 Å². The summed E-state index contributed by atoms with van der Waals surface area (Å²) in [6.45, 7) is 15.3. The van der Waals surface area contributed by atoms with Crippen LogP contribution < -0.4 is 5.32 Å². The Morgan fingerprint density at radius 3 is 1.64 bits per heavy atom. The first-order chi connectivity index (χ1) is 6.18. The highest BCUT2D eigenvalue weighted by molar-refractivity contribution is 4.99. The molecule has 1 rings (SSSR count). The van der Waals surface area contributed by atoms with Crippen molar-refractivity contribution in [2.24, 2.45) is 10.8 Å². The highest BCUT2D eigenvalue weighted by Crippen LogP contribution is 2.49. The third-order valence-corrected chi connectivity index (χ3v) is 3.30. The van der Waals surface area contributed by atoms with E-state index in [2.05, 4.69) is 46.9 Å². The molecule has 0 radical (unpaired) electrons. The zero-order valence-electron chi connectivity index (χ0n) is 10.8. The van der Waals surface area contributed by atoms with Crippen LogP contribution in [0.5, 0.6) is 0 Å². The molecule has 14 heavy (non-hydrogen) atoms. The Bertz CT molecular complexity index is 187. The summed E-state index contributed by atoms with van der Waals surface area (Å²) in [5.41, 5.74) is 1.32. The van der Waals surface area contributed by atoms with Gasteiger partial charge in [0.05, 0.1) is 0 Å². The molecule has 1 saturated carbocycles. The van der Waals surface area contributed by atoms with Crippen LogP contribution in [0.2, 0.25) is 0 Å². The quantitative estimate of drug-likeness (QED) is 0.713. The zero-order chi connectivity index (χ0) is 11.0. The number of hydrogen-bond donors (Lipinski definition) is 1. The van der Waals surface area contributed by atoms with Crippen LogP contribution in [0.25, 0.3) is 0 Å².